The highest BCUT2D eigenvalue weighted by molar-refractivity contribution is 9.09. The van der Waals surface area contributed by atoms with Crippen LogP contribution in [0.4, 0.5) is 0 Å². The predicted octanol–water partition coefficient (Wildman–Crippen LogP) is 5.18. The molecular formula is C18H15BrO2. The number of alkyl halides is 1. The van der Waals surface area contributed by atoms with Crippen molar-refractivity contribution in [1.29, 1.82) is 0 Å². The number of aryl methyl sites for hydroxylation is 1. The van der Waals surface area contributed by atoms with Gasteiger partial charge in [-0.3, -0.25) is 0 Å². The van der Waals surface area contributed by atoms with Gasteiger partial charge in [-0.15, -0.1) is 0 Å². The van der Waals surface area contributed by atoms with Crippen LogP contribution in [0.3, 0.4) is 0 Å². The lowest BCUT2D eigenvalue weighted by Crippen LogP contribution is -2.05. The number of halogens is 1. The molecule has 0 amide bonds. The summed E-state index contributed by atoms with van der Waals surface area (Å²) in [5.74, 6) is 0.281. The second-order valence-electron chi connectivity index (χ2n) is 5.68. The maximum absolute atomic E-state index is 10.3. The third kappa shape index (κ3) is 1.84. The molecule has 1 aliphatic rings. The van der Waals surface area contributed by atoms with Gasteiger partial charge < -0.3 is 10.2 Å². The molecule has 21 heavy (non-hydrogen) atoms. The highest BCUT2D eigenvalue weighted by Crippen LogP contribution is 2.44. The minimum Gasteiger partial charge on any atom is -0.507 e. The van der Waals surface area contributed by atoms with Crippen LogP contribution in [-0.4, -0.2) is 10.2 Å². The van der Waals surface area contributed by atoms with Crippen LogP contribution in [0.15, 0.2) is 36.4 Å². The van der Waals surface area contributed by atoms with Crippen molar-refractivity contribution in [2.45, 2.75) is 24.1 Å². The molecule has 0 aliphatic heterocycles. The molecule has 3 heteroatoms. The molecule has 0 radical (unpaired) electrons. The topological polar surface area (TPSA) is 40.5 Å². The van der Waals surface area contributed by atoms with Gasteiger partial charge in [-0.2, -0.15) is 0 Å². The van der Waals surface area contributed by atoms with E-state index in [9.17, 15) is 10.2 Å². The number of fused-ring (bicyclic) bond motifs is 5. The average molecular weight is 343 g/mol. The molecular weight excluding hydrogens is 328 g/mol. The van der Waals surface area contributed by atoms with Crippen LogP contribution in [0.1, 0.15) is 28.8 Å². The highest BCUT2D eigenvalue weighted by atomic mass is 79.9. The van der Waals surface area contributed by atoms with Crippen molar-refractivity contribution >= 4 is 37.5 Å². The van der Waals surface area contributed by atoms with Gasteiger partial charge in [0, 0.05) is 4.83 Å². The Morgan fingerprint density at radius 3 is 2.67 bits per heavy atom. The monoisotopic (exact) mass is 342 g/mol. The largest absolute Gasteiger partial charge is 0.507 e. The summed E-state index contributed by atoms with van der Waals surface area (Å²) in [6.45, 7) is 0. The third-order valence-corrected chi connectivity index (χ3v) is 5.44. The van der Waals surface area contributed by atoms with E-state index < -0.39 is 0 Å². The van der Waals surface area contributed by atoms with Gasteiger partial charge in [-0.05, 0) is 58.7 Å². The average Bonchev–Trinajstić information content (AvgIpc) is 2.47. The van der Waals surface area contributed by atoms with Crippen LogP contribution in [0, 0.1) is 0 Å². The van der Waals surface area contributed by atoms with E-state index in [4.69, 9.17) is 0 Å². The first-order valence-corrected chi connectivity index (χ1v) is 8.11. The summed E-state index contributed by atoms with van der Waals surface area (Å²) in [5, 5.41) is 24.0. The van der Waals surface area contributed by atoms with E-state index in [-0.39, 0.29) is 11.5 Å². The number of hydrogen-bond acceptors (Lipinski definition) is 2. The Hall–Kier alpha value is -1.74. The van der Waals surface area contributed by atoms with Gasteiger partial charge in [0.2, 0.25) is 0 Å². The van der Waals surface area contributed by atoms with E-state index in [0.29, 0.717) is 10.2 Å². The van der Waals surface area contributed by atoms with Gasteiger partial charge in [0.1, 0.15) is 11.5 Å². The first-order valence-electron chi connectivity index (χ1n) is 7.20. The van der Waals surface area contributed by atoms with E-state index in [1.807, 2.05) is 12.1 Å². The molecule has 2 N–H and O–H groups in total. The minimum absolute atomic E-state index is 0.128. The Morgan fingerprint density at radius 1 is 0.952 bits per heavy atom. The molecule has 0 saturated carbocycles. The fourth-order valence-corrected chi connectivity index (χ4v) is 4.26. The van der Waals surface area contributed by atoms with E-state index >= 15 is 0 Å². The molecule has 1 atom stereocenters. The molecule has 0 aromatic heterocycles. The van der Waals surface area contributed by atoms with Gasteiger partial charge in [-0.1, -0.05) is 40.2 Å². The first-order chi connectivity index (χ1) is 10.2. The van der Waals surface area contributed by atoms with Crippen LogP contribution >= 0.6 is 15.9 Å². The van der Waals surface area contributed by atoms with E-state index in [2.05, 4.69) is 28.1 Å². The van der Waals surface area contributed by atoms with Gasteiger partial charge in [-0.25, -0.2) is 0 Å². The molecule has 2 nitrogen and oxygen atoms in total. The van der Waals surface area contributed by atoms with Crippen LogP contribution < -0.4 is 0 Å². The number of hydrogen-bond donors (Lipinski definition) is 2. The van der Waals surface area contributed by atoms with Gasteiger partial charge in [0.25, 0.3) is 0 Å². The van der Waals surface area contributed by atoms with Crippen LogP contribution in [0.5, 0.6) is 11.5 Å². The smallest absolute Gasteiger partial charge is 0.127 e. The van der Waals surface area contributed by atoms with Crippen molar-refractivity contribution in [3.8, 4) is 11.5 Å². The SMILES string of the molecule is Oc1cccc2c1c(O)cc1c3c(ccc12)C(Br)CCC3. The molecule has 3 aromatic carbocycles. The molecule has 4 rings (SSSR count). The van der Waals surface area contributed by atoms with Crippen LogP contribution in [0.2, 0.25) is 0 Å². The zero-order valence-corrected chi connectivity index (χ0v) is 13.0. The molecule has 1 unspecified atom stereocenters. The summed E-state index contributed by atoms with van der Waals surface area (Å²) in [7, 11) is 0. The molecule has 1 aliphatic carbocycles. The number of benzene rings is 3. The van der Waals surface area contributed by atoms with Gasteiger partial charge in [0.05, 0.1) is 5.39 Å². The maximum atomic E-state index is 10.3. The maximum Gasteiger partial charge on any atom is 0.127 e. The summed E-state index contributed by atoms with van der Waals surface area (Å²) < 4.78 is 0. The number of phenols is 2. The molecule has 0 spiro atoms. The Labute approximate surface area is 131 Å². The molecule has 0 heterocycles. The Balaban J connectivity index is 2.18. The second-order valence-corrected chi connectivity index (χ2v) is 6.79. The van der Waals surface area contributed by atoms with Crippen molar-refractivity contribution in [2.24, 2.45) is 0 Å². The van der Waals surface area contributed by atoms with Gasteiger partial charge >= 0.3 is 0 Å². The normalized spacial score (nSPS) is 18.0. The lowest BCUT2D eigenvalue weighted by Gasteiger charge is -2.23. The molecule has 0 bridgehead atoms. The van der Waals surface area contributed by atoms with Gasteiger partial charge in [0.15, 0.2) is 0 Å². The Bertz CT molecular complexity index is 870. The minimum atomic E-state index is 0.128. The summed E-state index contributed by atoms with van der Waals surface area (Å²) in [6, 6.07) is 11.5. The van der Waals surface area contributed by atoms with Crippen LogP contribution in [0.25, 0.3) is 21.5 Å². The molecule has 0 saturated heterocycles. The van der Waals surface area contributed by atoms with E-state index in [0.717, 1.165) is 35.4 Å². The summed E-state index contributed by atoms with van der Waals surface area (Å²) >= 11 is 3.75. The Morgan fingerprint density at radius 2 is 1.81 bits per heavy atom. The molecule has 0 fully saturated rings. The van der Waals surface area contributed by atoms with Crippen molar-refractivity contribution in [3.63, 3.8) is 0 Å². The zero-order chi connectivity index (χ0) is 14.6. The molecule has 3 aromatic rings. The van der Waals surface area contributed by atoms with Crippen molar-refractivity contribution in [3.05, 3.63) is 47.5 Å². The predicted molar refractivity (Wildman–Crippen MR) is 89.4 cm³/mol. The zero-order valence-electron chi connectivity index (χ0n) is 11.4. The lowest BCUT2D eigenvalue weighted by molar-refractivity contribution is 0.464. The Kier molecular flexibility index (Phi) is 2.86. The fourth-order valence-electron chi connectivity index (χ4n) is 3.51. The molecule has 106 valence electrons. The van der Waals surface area contributed by atoms with Crippen molar-refractivity contribution in [1.82, 2.24) is 0 Å². The summed E-state index contributed by atoms with van der Waals surface area (Å²) in [5.41, 5.74) is 2.65. The standard InChI is InChI=1S/C18H15BrO2/c19-15-5-1-3-10-12(15)8-7-11-13-4-2-6-16(20)18(13)17(21)9-14(10)11/h2,4,6-9,15,20-21H,1,3,5H2. The van der Waals surface area contributed by atoms with E-state index in [1.54, 1.807) is 12.1 Å². The van der Waals surface area contributed by atoms with Crippen molar-refractivity contribution in [2.75, 3.05) is 0 Å². The third-order valence-electron chi connectivity index (χ3n) is 4.48. The highest BCUT2D eigenvalue weighted by Gasteiger charge is 2.21. The number of phenolic OH excluding ortho intramolecular Hbond substituents is 2. The lowest BCUT2D eigenvalue weighted by atomic mass is 9.86. The fraction of sp³-hybridized carbons (Fsp3) is 0.222. The van der Waals surface area contributed by atoms with Crippen LogP contribution in [-0.2, 0) is 6.42 Å². The summed E-state index contributed by atoms with van der Waals surface area (Å²) in [6.07, 6.45) is 3.35. The number of rotatable bonds is 0. The number of aromatic hydroxyl groups is 2. The van der Waals surface area contributed by atoms with E-state index in [1.165, 1.54) is 11.1 Å². The second kappa shape index (κ2) is 4.63. The van der Waals surface area contributed by atoms with Crippen molar-refractivity contribution < 1.29 is 10.2 Å². The summed E-state index contributed by atoms with van der Waals surface area (Å²) in [4.78, 5) is 0.396. The first kappa shape index (κ1) is 13.0. The quantitative estimate of drug-likeness (QED) is 0.436.